The fraction of sp³-hybridized carbons (Fsp3) is 0.0667. The molecule has 2 aromatic rings. The van der Waals surface area contributed by atoms with Gasteiger partial charge in [-0.25, -0.2) is 0 Å². The predicted molar refractivity (Wildman–Crippen MR) is 77.6 cm³/mol. The van der Waals surface area contributed by atoms with Crippen LogP contribution in [-0.4, -0.2) is 20.4 Å². The number of hydrogen-bond acceptors (Lipinski definition) is 3. The number of hydrogen-bond donors (Lipinski definition) is 0. The molecule has 0 bridgehead atoms. The molecule has 0 saturated heterocycles. The summed E-state index contributed by atoms with van der Waals surface area (Å²) in [6.07, 6.45) is 0.838. The third kappa shape index (κ3) is 3.39. The van der Waals surface area contributed by atoms with Crippen molar-refractivity contribution in [2.75, 3.05) is 0 Å². The first kappa shape index (κ1) is 14.1. The molecule has 5 heteroatoms. The first-order valence-electron chi connectivity index (χ1n) is 5.95. The van der Waals surface area contributed by atoms with Crippen LogP contribution in [-0.2, 0) is 10.0 Å². The second-order valence-electron chi connectivity index (χ2n) is 4.25. The fourth-order valence-electron chi connectivity index (χ4n) is 1.57. The minimum absolute atomic E-state index is 0.0696. The summed E-state index contributed by atoms with van der Waals surface area (Å²) in [5, 5.41) is 0. The van der Waals surface area contributed by atoms with Gasteiger partial charge in [-0.2, -0.15) is 12.8 Å². The first-order chi connectivity index (χ1) is 9.49. The summed E-state index contributed by atoms with van der Waals surface area (Å²) in [5.41, 5.74) is 1.35. The lowest BCUT2D eigenvalue weighted by Gasteiger charge is -1.99. The van der Waals surface area contributed by atoms with E-state index in [9.17, 15) is 13.2 Å². The highest BCUT2D eigenvalue weighted by Gasteiger charge is 2.12. The van der Waals surface area contributed by atoms with Gasteiger partial charge in [-0.05, 0) is 19.1 Å². The molecule has 2 rings (SSSR count). The van der Waals surface area contributed by atoms with Crippen LogP contribution in [0.25, 0.3) is 0 Å². The molecule has 0 heterocycles. The van der Waals surface area contributed by atoms with Crippen molar-refractivity contribution in [1.82, 2.24) is 0 Å². The zero-order valence-corrected chi connectivity index (χ0v) is 11.7. The third-order valence-electron chi connectivity index (χ3n) is 2.69. The minimum Gasteiger partial charge on any atom is -0.288 e. The lowest BCUT2D eigenvalue weighted by Crippen LogP contribution is -2.04. The number of aryl methyl sites for hydroxylation is 1. The number of ketones is 1. The summed E-state index contributed by atoms with van der Waals surface area (Å²) in [6, 6.07) is 14.7. The van der Waals surface area contributed by atoms with Crippen molar-refractivity contribution in [2.45, 2.75) is 11.8 Å². The molecule has 2 aromatic carbocycles. The maximum absolute atomic E-state index is 11.9. The summed E-state index contributed by atoms with van der Waals surface area (Å²) >= 11 is 0. The summed E-state index contributed by atoms with van der Waals surface area (Å²) < 4.78 is 27.3. The van der Waals surface area contributed by atoms with Gasteiger partial charge in [-0.3, -0.25) is 4.79 Å². The number of sulfonamides is 1. The van der Waals surface area contributed by atoms with E-state index in [-0.39, 0.29) is 4.90 Å². The van der Waals surface area contributed by atoms with Gasteiger partial charge in [0.15, 0.2) is 0 Å². The van der Waals surface area contributed by atoms with Crippen LogP contribution in [0, 0.1) is 6.92 Å². The molecule has 0 aliphatic carbocycles. The molecule has 0 aromatic heterocycles. The zero-order valence-electron chi connectivity index (χ0n) is 10.9. The smallest absolute Gasteiger partial charge is 0.282 e. The number of carbonyl (C=O) groups is 1. The van der Waals surface area contributed by atoms with Crippen LogP contribution in [0.15, 0.2) is 63.9 Å². The lowest BCUT2D eigenvalue weighted by atomic mass is 10.1. The summed E-state index contributed by atoms with van der Waals surface area (Å²) in [6.45, 7) is 1.86. The van der Waals surface area contributed by atoms with Gasteiger partial charge in [0.2, 0.25) is 5.78 Å². The molecular formula is C15H13NO3S. The first-order valence-corrected chi connectivity index (χ1v) is 7.39. The van der Waals surface area contributed by atoms with E-state index in [1.807, 2.05) is 6.92 Å². The average molecular weight is 287 g/mol. The number of carbonyl (C=O) groups excluding carboxylic acids is 1. The van der Waals surface area contributed by atoms with Gasteiger partial charge in [0.05, 0.1) is 11.1 Å². The second-order valence-corrected chi connectivity index (χ2v) is 5.89. The number of Topliss-reactive ketones (excluding diaryl/α,β-unsaturated/α-hetero) is 1. The Kier molecular flexibility index (Phi) is 4.10. The summed E-state index contributed by atoms with van der Waals surface area (Å²) in [5.74, 6) is -0.443. The van der Waals surface area contributed by atoms with Crippen molar-refractivity contribution in [1.29, 1.82) is 0 Å². The summed E-state index contributed by atoms with van der Waals surface area (Å²) in [4.78, 5) is 11.8. The third-order valence-corrected chi connectivity index (χ3v) is 3.94. The highest BCUT2D eigenvalue weighted by Crippen LogP contribution is 2.12. The van der Waals surface area contributed by atoms with Crippen LogP contribution in [0.1, 0.15) is 15.9 Å². The normalized spacial score (nSPS) is 11.7. The van der Waals surface area contributed by atoms with Gasteiger partial charge in [-0.1, -0.05) is 48.0 Å². The monoisotopic (exact) mass is 287 g/mol. The quantitative estimate of drug-likeness (QED) is 0.641. The summed E-state index contributed by atoms with van der Waals surface area (Å²) in [7, 11) is -3.83. The van der Waals surface area contributed by atoms with E-state index in [0.29, 0.717) is 5.56 Å². The molecule has 4 nitrogen and oxygen atoms in total. The fourth-order valence-corrected chi connectivity index (χ4v) is 2.40. The van der Waals surface area contributed by atoms with Gasteiger partial charge in [0, 0.05) is 5.56 Å². The van der Waals surface area contributed by atoms with Gasteiger partial charge < -0.3 is 0 Å². The average Bonchev–Trinajstić information content (AvgIpc) is 2.46. The maximum Gasteiger partial charge on any atom is 0.282 e. The minimum atomic E-state index is -3.83. The Labute approximate surface area is 117 Å². The molecule has 0 radical (unpaired) electrons. The molecule has 20 heavy (non-hydrogen) atoms. The molecule has 0 spiro atoms. The number of nitrogens with zero attached hydrogens (tertiary/aromatic N) is 1. The highest BCUT2D eigenvalue weighted by atomic mass is 32.2. The van der Waals surface area contributed by atoms with E-state index in [2.05, 4.69) is 4.40 Å². The van der Waals surface area contributed by atoms with E-state index in [4.69, 9.17) is 0 Å². The van der Waals surface area contributed by atoms with Crippen LogP contribution in [0.4, 0.5) is 0 Å². The second kappa shape index (κ2) is 5.79. The van der Waals surface area contributed by atoms with Gasteiger partial charge in [0.1, 0.15) is 0 Å². The van der Waals surface area contributed by atoms with Gasteiger partial charge in [-0.15, -0.1) is 0 Å². The molecule has 0 unspecified atom stereocenters. The molecule has 0 aliphatic rings. The Bertz CT molecular complexity index is 732. The topological polar surface area (TPSA) is 63.6 Å². The maximum atomic E-state index is 11.9. The number of benzene rings is 2. The molecule has 0 saturated carbocycles. The van der Waals surface area contributed by atoms with Gasteiger partial charge >= 0.3 is 0 Å². The van der Waals surface area contributed by atoms with Crippen LogP contribution in [0.2, 0.25) is 0 Å². The van der Waals surface area contributed by atoms with E-state index < -0.39 is 15.8 Å². The van der Waals surface area contributed by atoms with Crippen LogP contribution < -0.4 is 0 Å². The van der Waals surface area contributed by atoms with Crippen molar-refractivity contribution >= 4 is 22.0 Å². The van der Waals surface area contributed by atoms with Crippen molar-refractivity contribution < 1.29 is 13.2 Å². The largest absolute Gasteiger partial charge is 0.288 e. The molecule has 0 atom stereocenters. The van der Waals surface area contributed by atoms with Crippen molar-refractivity contribution in [2.24, 2.45) is 4.40 Å². The van der Waals surface area contributed by atoms with Gasteiger partial charge in [0.25, 0.3) is 10.0 Å². The van der Waals surface area contributed by atoms with E-state index in [0.717, 1.165) is 11.8 Å². The van der Waals surface area contributed by atoms with Crippen molar-refractivity contribution in [3.63, 3.8) is 0 Å². The highest BCUT2D eigenvalue weighted by molar-refractivity contribution is 7.90. The molecule has 0 fully saturated rings. The van der Waals surface area contributed by atoms with E-state index >= 15 is 0 Å². The molecule has 0 N–H and O–H groups in total. The molecular weight excluding hydrogens is 274 g/mol. The van der Waals surface area contributed by atoms with Crippen molar-refractivity contribution in [3.05, 3.63) is 65.7 Å². The van der Waals surface area contributed by atoms with Crippen LogP contribution >= 0.6 is 0 Å². The lowest BCUT2D eigenvalue weighted by molar-refractivity contribution is 0.107. The Morgan fingerprint density at radius 3 is 2.20 bits per heavy atom. The standard InChI is InChI=1S/C15H13NO3S/c1-12-7-9-14(10-8-12)20(18,19)16-11-15(17)13-5-3-2-4-6-13/h2-11H,1H3/b16-11+. The SMILES string of the molecule is Cc1ccc(S(=O)(=O)/N=C/C(=O)c2ccccc2)cc1. The Morgan fingerprint density at radius 2 is 1.60 bits per heavy atom. The predicted octanol–water partition coefficient (Wildman–Crippen LogP) is 2.64. The van der Waals surface area contributed by atoms with E-state index in [1.54, 1.807) is 42.5 Å². The van der Waals surface area contributed by atoms with E-state index in [1.165, 1.54) is 12.1 Å². The Morgan fingerprint density at radius 1 is 1.00 bits per heavy atom. The molecule has 0 aliphatic heterocycles. The molecule has 0 amide bonds. The number of rotatable bonds is 4. The Balaban J connectivity index is 2.22. The van der Waals surface area contributed by atoms with Crippen molar-refractivity contribution in [3.8, 4) is 0 Å². The Hall–Kier alpha value is -2.27. The molecule has 102 valence electrons. The van der Waals surface area contributed by atoms with Crippen LogP contribution in [0.5, 0.6) is 0 Å². The van der Waals surface area contributed by atoms with Crippen LogP contribution in [0.3, 0.4) is 0 Å². The zero-order chi connectivity index (χ0) is 14.6.